The highest BCUT2D eigenvalue weighted by atomic mass is 19.4. The van der Waals surface area contributed by atoms with Gasteiger partial charge in [-0.25, -0.2) is 28.4 Å². The van der Waals surface area contributed by atoms with Crippen molar-refractivity contribution in [2.45, 2.75) is 38.4 Å². The Labute approximate surface area is 197 Å². The Hall–Kier alpha value is -3.25. The van der Waals surface area contributed by atoms with Crippen LogP contribution in [0, 0.1) is 5.41 Å². The Balaban J connectivity index is 1.27. The van der Waals surface area contributed by atoms with Crippen molar-refractivity contribution in [1.29, 1.82) is 0 Å². The zero-order valence-electron chi connectivity index (χ0n) is 19.0. The van der Waals surface area contributed by atoms with Gasteiger partial charge < -0.3 is 14.5 Å². The predicted molar refractivity (Wildman–Crippen MR) is 118 cm³/mol. The van der Waals surface area contributed by atoms with E-state index in [0.29, 0.717) is 30.1 Å². The first-order valence-electron chi connectivity index (χ1n) is 11.3. The van der Waals surface area contributed by atoms with Gasteiger partial charge in [-0.2, -0.15) is 13.2 Å². The smallest absolute Gasteiger partial charge is 0.433 e. The van der Waals surface area contributed by atoms with Gasteiger partial charge >= 0.3 is 6.18 Å². The van der Waals surface area contributed by atoms with Crippen LogP contribution in [-0.4, -0.2) is 64.4 Å². The summed E-state index contributed by atoms with van der Waals surface area (Å²) in [6.45, 7) is 2.32. The molecular weight excluding hydrogens is 473 g/mol. The molecule has 8 nitrogen and oxygen atoms in total. The van der Waals surface area contributed by atoms with Crippen molar-refractivity contribution >= 4 is 22.7 Å². The van der Waals surface area contributed by atoms with E-state index in [2.05, 4.69) is 29.9 Å². The van der Waals surface area contributed by atoms with Crippen LogP contribution in [0.15, 0.2) is 24.5 Å². The summed E-state index contributed by atoms with van der Waals surface area (Å²) in [5, 5.41) is 4.05. The van der Waals surface area contributed by atoms with Crippen molar-refractivity contribution in [3.05, 3.63) is 30.2 Å². The van der Waals surface area contributed by atoms with Crippen LogP contribution in [0.3, 0.4) is 0 Å². The summed E-state index contributed by atoms with van der Waals surface area (Å²) in [5.74, 6) is 0.744. The zero-order chi connectivity index (χ0) is 24.8. The van der Waals surface area contributed by atoms with Crippen LogP contribution in [0.5, 0.6) is 5.88 Å². The van der Waals surface area contributed by atoms with Crippen molar-refractivity contribution in [1.82, 2.24) is 24.7 Å². The van der Waals surface area contributed by atoms with Crippen molar-refractivity contribution in [2.24, 2.45) is 5.41 Å². The first kappa shape index (κ1) is 23.5. The fourth-order valence-electron chi connectivity index (χ4n) is 4.97. The third-order valence-electron chi connectivity index (χ3n) is 6.89. The fraction of sp³-hybridized carbons (Fsp3) is 0.545. The summed E-state index contributed by atoms with van der Waals surface area (Å²) in [6.07, 6.45) is -1.47. The Bertz CT molecular complexity index is 1190. The number of rotatable bonds is 5. The molecule has 5 rings (SSSR count). The molecule has 13 heteroatoms. The lowest BCUT2D eigenvalue weighted by Crippen LogP contribution is -2.42. The summed E-state index contributed by atoms with van der Waals surface area (Å²) >= 11 is 0. The zero-order valence-corrected chi connectivity index (χ0v) is 19.0. The van der Waals surface area contributed by atoms with Crippen LogP contribution >= 0.6 is 0 Å². The molecule has 35 heavy (non-hydrogen) atoms. The largest absolute Gasteiger partial charge is 0.478 e. The quantitative estimate of drug-likeness (QED) is 0.494. The SMILES string of the molecule is COc1nn(CC(F)F)c2nc(N3CCC4(CCN(c5ccc(C(F)(F)F)nc5)C4)CC3)cnc12. The van der Waals surface area contributed by atoms with E-state index in [0.717, 1.165) is 43.1 Å². The number of hydrogen-bond acceptors (Lipinski definition) is 7. The summed E-state index contributed by atoms with van der Waals surface area (Å²) in [5.41, 5.74) is 0.435. The van der Waals surface area contributed by atoms with Gasteiger partial charge in [0, 0.05) is 26.2 Å². The Morgan fingerprint density at radius 2 is 1.74 bits per heavy atom. The number of anilines is 2. The second-order valence-electron chi connectivity index (χ2n) is 9.04. The van der Waals surface area contributed by atoms with Crippen LogP contribution in [0.2, 0.25) is 0 Å². The molecule has 3 aromatic rings. The number of aromatic nitrogens is 5. The Morgan fingerprint density at radius 1 is 1.03 bits per heavy atom. The van der Waals surface area contributed by atoms with E-state index in [4.69, 9.17) is 4.74 Å². The summed E-state index contributed by atoms with van der Waals surface area (Å²) in [6, 6.07) is 2.50. The van der Waals surface area contributed by atoms with Gasteiger partial charge in [-0.1, -0.05) is 0 Å². The van der Waals surface area contributed by atoms with Crippen molar-refractivity contribution in [2.75, 3.05) is 43.1 Å². The number of halogens is 5. The van der Waals surface area contributed by atoms with E-state index < -0.39 is 24.8 Å². The molecule has 0 unspecified atom stereocenters. The van der Waals surface area contributed by atoms with Gasteiger partial charge in [0.2, 0.25) is 0 Å². The number of pyridine rings is 1. The normalized spacial score (nSPS) is 18.3. The third kappa shape index (κ3) is 4.55. The minimum absolute atomic E-state index is 0.0530. The molecule has 1 spiro atoms. The molecular formula is C22H24F5N7O. The second kappa shape index (κ2) is 8.76. The van der Waals surface area contributed by atoms with Crippen LogP contribution in [0.4, 0.5) is 33.5 Å². The number of alkyl halides is 5. The molecule has 0 bridgehead atoms. The van der Waals surface area contributed by atoms with Crippen LogP contribution in [-0.2, 0) is 12.7 Å². The molecule has 2 saturated heterocycles. The van der Waals surface area contributed by atoms with Gasteiger partial charge in [-0.3, -0.25) is 0 Å². The summed E-state index contributed by atoms with van der Waals surface area (Å²) in [7, 11) is 1.40. The van der Waals surface area contributed by atoms with E-state index in [-0.39, 0.29) is 16.9 Å². The number of ether oxygens (including phenoxy) is 1. The molecule has 2 aliphatic heterocycles. The van der Waals surface area contributed by atoms with Gasteiger partial charge in [-0.15, -0.1) is 5.10 Å². The summed E-state index contributed by atoms with van der Waals surface area (Å²) < 4.78 is 70.7. The van der Waals surface area contributed by atoms with Gasteiger partial charge in [0.1, 0.15) is 18.1 Å². The molecule has 0 radical (unpaired) electrons. The molecule has 2 fully saturated rings. The van der Waals surface area contributed by atoms with Crippen molar-refractivity contribution in [3.8, 4) is 5.88 Å². The topological polar surface area (TPSA) is 72.2 Å². The second-order valence-corrected chi connectivity index (χ2v) is 9.04. The number of piperidine rings is 1. The van der Waals surface area contributed by atoms with E-state index in [9.17, 15) is 22.0 Å². The molecule has 0 saturated carbocycles. The molecule has 188 valence electrons. The molecule has 0 aromatic carbocycles. The monoisotopic (exact) mass is 497 g/mol. The lowest BCUT2D eigenvalue weighted by atomic mass is 9.78. The third-order valence-corrected chi connectivity index (χ3v) is 6.89. The van der Waals surface area contributed by atoms with Crippen LogP contribution in [0.25, 0.3) is 11.2 Å². The minimum Gasteiger partial charge on any atom is -0.478 e. The molecule has 0 N–H and O–H groups in total. The number of methoxy groups -OCH3 is 1. The van der Waals surface area contributed by atoms with Crippen LogP contribution in [0.1, 0.15) is 25.0 Å². The van der Waals surface area contributed by atoms with Crippen LogP contribution < -0.4 is 14.5 Å². The van der Waals surface area contributed by atoms with E-state index in [1.54, 1.807) is 6.20 Å². The molecule has 0 amide bonds. The highest BCUT2D eigenvalue weighted by molar-refractivity contribution is 5.77. The number of hydrogen-bond donors (Lipinski definition) is 0. The molecule has 2 aliphatic rings. The molecule has 0 aliphatic carbocycles. The first-order chi connectivity index (χ1) is 16.7. The molecule has 3 aromatic heterocycles. The van der Waals surface area contributed by atoms with Gasteiger partial charge in [0.15, 0.2) is 11.2 Å². The average molecular weight is 497 g/mol. The number of fused-ring (bicyclic) bond motifs is 1. The summed E-state index contributed by atoms with van der Waals surface area (Å²) in [4.78, 5) is 16.7. The van der Waals surface area contributed by atoms with Gasteiger partial charge in [0.25, 0.3) is 12.3 Å². The maximum atomic E-state index is 13.0. The number of nitrogens with zero attached hydrogens (tertiary/aromatic N) is 7. The molecule has 5 heterocycles. The minimum atomic E-state index is -4.45. The lowest BCUT2D eigenvalue weighted by molar-refractivity contribution is -0.141. The lowest BCUT2D eigenvalue weighted by Gasteiger charge is -2.39. The van der Waals surface area contributed by atoms with Gasteiger partial charge in [0.05, 0.1) is 25.2 Å². The van der Waals surface area contributed by atoms with Crippen molar-refractivity contribution in [3.63, 3.8) is 0 Å². The van der Waals surface area contributed by atoms with Gasteiger partial charge in [-0.05, 0) is 36.8 Å². The molecule has 0 atom stereocenters. The Morgan fingerprint density at radius 3 is 2.34 bits per heavy atom. The van der Waals surface area contributed by atoms with Crippen molar-refractivity contribution < 1.29 is 26.7 Å². The first-order valence-corrected chi connectivity index (χ1v) is 11.3. The highest BCUT2D eigenvalue weighted by Crippen LogP contribution is 2.43. The highest BCUT2D eigenvalue weighted by Gasteiger charge is 2.41. The fourth-order valence-corrected chi connectivity index (χ4v) is 4.97. The van der Waals surface area contributed by atoms with E-state index >= 15 is 0 Å². The standard InChI is InChI=1S/C22H24F5N7O/c1-35-20-18-19(34(31-20)12-16(23)24)30-17(11-29-18)32-7-4-21(5-8-32)6-9-33(13-21)14-2-3-15(28-10-14)22(25,26)27/h2-3,10-11,16H,4-9,12-13H2,1H3. The average Bonchev–Trinajstić information content (AvgIpc) is 3.40. The Kier molecular flexibility index (Phi) is 5.88. The maximum Gasteiger partial charge on any atom is 0.433 e. The maximum absolute atomic E-state index is 13.0. The van der Waals surface area contributed by atoms with E-state index in [1.807, 2.05) is 0 Å². The van der Waals surface area contributed by atoms with E-state index in [1.165, 1.54) is 19.4 Å². The predicted octanol–water partition coefficient (Wildman–Crippen LogP) is 4.01.